The molecule has 0 radical (unpaired) electrons. The summed E-state index contributed by atoms with van der Waals surface area (Å²) in [6.07, 6.45) is 0.644. The lowest BCUT2D eigenvalue weighted by Gasteiger charge is -2.25. The van der Waals surface area contributed by atoms with Crippen LogP contribution in [0, 0.1) is 0 Å². The number of aliphatic hydroxyl groups is 1. The molecule has 1 heterocycles. The first kappa shape index (κ1) is 18.7. The molecule has 0 saturated heterocycles. The highest BCUT2D eigenvalue weighted by Crippen LogP contribution is 2.20. The Labute approximate surface area is 135 Å². The summed E-state index contributed by atoms with van der Waals surface area (Å²) in [6.45, 7) is 5.70. The summed E-state index contributed by atoms with van der Waals surface area (Å²) in [5.41, 5.74) is 0.489. The summed E-state index contributed by atoms with van der Waals surface area (Å²) >= 11 is 0. The van der Waals surface area contributed by atoms with Crippen molar-refractivity contribution in [2.24, 2.45) is 0 Å². The zero-order valence-corrected chi connectivity index (χ0v) is 13.9. The van der Waals surface area contributed by atoms with Crippen molar-refractivity contribution in [3.63, 3.8) is 0 Å². The number of aromatic nitrogens is 1. The van der Waals surface area contributed by atoms with Crippen molar-refractivity contribution >= 4 is 12.2 Å². The molecule has 0 atom stereocenters. The summed E-state index contributed by atoms with van der Waals surface area (Å²) in [5, 5.41) is 9.61. The smallest absolute Gasteiger partial charge is 0.422 e. The fourth-order valence-corrected chi connectivity index (χ4v) is 1.64. The van der Waals surface area contributed by atoms with Gasteiger partial charge in [0, 0.05) is 31.8 Å². The molecule has 0 saturated carbocycles. The van der Waals surface area contributed by atoms with Gasteiger partial charge in [0.25, 0.3) is 0 Å². The normalized spacial score (nSPS) is 11.1. The number of hydrogen-bond acceptors (Lipinski definition) is 7. The van der Waals surface area contributed by atoms with E-state index in [4.69, 9.17) is 14.2 Å². The zero-order chi connectivity index (χ0) is 17.6. The molecule has 128 valence electrons. The molecule has 1 aromatic rings. The third-order valence-corrected chi connectivity index (χ3v) is 2.52. The quantitative estimate of drug-likeness (QED) is 0.829. The van der Waals surface area contributed by atoms with E-state index >= 15 is 0 Å². The van der Waals surface area contributed by atoms with E-state index in [1.165, 1.54) is 33.4 Å². The van der Waals surface area contributed by atoms with Gasteiger partial charge in [-0.25, -0.2) is 14.5 Å². The number of ether oxygens (including phenoxy) is 3. The molecular weight excluding hydrogens is 304 g/mol. The average molecular weight is 326 g/mol. The van der Waals surface area contributed by atoms with E-state index in [0.717, 1.165) is 4.90 Å². The van der Waals surface area contributed by atoms with E-state index in [0.29, 0.717) is 11.3 Å². The van der Waals surface area contributed by atoms with Crippen LogP contribution in [0.5, 0.6) is 5.75 Å². The van der Waals surface area contributed by atoms with Crippen LogP contribution in [-0.4, -0.2) is 46.2 Å². The minimum absolute atomic E-state index is 0.169. The molecule has 0 aliphatic rings. The van der Waals surface area contributed by atoms with Gasteiger partial charge in [0.15, 0.2) is 0 Å². The van der Waals surface area contributed by atoms with Crippen LogP contribution in [0.15, 0.2) is 18.5 Å². The molecule has 0 fully saturated rings. The van der Waals surface area contributed by atoms with Crippen molar-refractivity contribution in [3.05, 3.63) is 24.0 Å². The van der Waals surface area contributed by atoms with Gasteiger partial charge in [0.2, 0.25) is 5.79 Å². The lowest BCUT2D eigenvalue weighted by molar-refractivity contribution is -0.138. The van der Waals surface area contributed by atoms with Crippen molar-refractivity contribution in [2.75, 3.05) is 7.11 Å². The Morgan fingerprint density at radius 1 is 1.35 bits per heavy atom. The van der Waals surface area contributed by atoms with Crippen molar-refractivity contribution < 1.29 is 28.9 Å². The third kappa shape index (κ3) is 6.11. The van der Waals surface area contributed by atoms with E-state index in [-0.39, 0.29) is 6.54 Å². The molecule has 0 spiro atoms. The molecule has 8 nitrogen and oxygen atoms in total. The van der Waals surface area contributed by atoms with Crippen LogP contribution >= 0.6 is 0 Å². The maximum Gasteiger partial charge on any atom is 0.422 e. The maximum atomic E-state index is 12.2. The van der Waals surface area contributed by atoms with Crippen LogP contribution in [0.3, 0.4) is 0 Å². The van der Waals surface area contributed by atoms with Gasteiger partial charge in [0.1, 0.15) is 5.75 Å². The predicted molar refractivity (Wildman–Crippen MR) is 80.7 cm³/mol. The Balaban J connectivity index is 3.03. The monoisotopic (exact) mass is 326 g/mol. The number of carbonyl (C=O) groups is 2. The van der Waals surface area contributed by atoms with E-state index in [1.54, 1.807) is 19.9 Å². The first-order valence-electron chi connectivity index (χ1n) is 7.04. The van der Waals surface area contributed by atoms with E-state index < -0.39 is 24.1 Å². The fourth-order valence-electron chi connectivity index (χ4n) is 1.64. The van der Waals surface area contributed by atoms with Crippen molar-refractivity contribution in [3.8, 4) is 5.75 Å². The van der Waals surface area contributed by atoms with Gasteiger partial charge in [-0.2, -0.15) is 0 Å². The van der Waals surface area contributed by atoms with Gasteiger partial charge in [-0.1, -0.05) is 0 Å². The molecule has 0 bridgehead atoms. The zero-order valence-electron chi connectivity index (χ0n) is 13.9. The molecule has 1 N–H and O–H groups in total. The second kappa shape index (κ2) is 7.77. The van der Waals surface area contributed by atoms with Crippen molar-refractivity contribution in [1.82, 2.24) is 9.88 Å². The molecule has 0 unspecified atom stereocenters. The van der Waals surface area contributed by atoms with Crippen LogP contribution < -0.4 is 4.74 Å². The lowest BCUT2D eigenvalue weighted by atomic mass is 10.2. The number of carbonyl (C=O) groups excluding carboxylic acids is 2. The van der Waals surface area contributed by atoms with E-state index in [1.807, 2.05) is 0 Å². The van der Waals surface area contributed by atoms with Crippen LogP contribution in [0.25, 0.3) is 0 Å². The van der Waals surface area contributed by atoms with Crippen molar-refractivity contribution in [2.45, 2.75) is 46.1 Å². The number of imide groups is 1. The van der Waals surface area contributed by atoms with E-state index in [9.17, 15) is 14.7 Å². The van der Waals surface area contributed by atoms with Gasteiger partial charge >= 0.3 is 12.2 Å². The molecule has 2 amide bonds. The largest absolute Gasteiger partial charge is 0.496 e. The summed E-state index contributed by atoms with van der Waals surface area (Å²) < 4.78 is 15.0. The lowest BCUT2D eigenvalue weighted by Crippen LogP contribution is -2.42. The third-order valence-electron chi connectivity index (χ3n) is 2.52. The topological polar surface area (TPSA) is 98.2 Å². The minimum atomic E-state index is -1.73. The Hall–Kier alpha value is -2.35. The molecule has 1 aromatic heterocycles. The summed E-state index contributed by atoms with van der Waals surface area (Å²) in [4.78, 5) is 29.0. The van der Waals surface area contributed by atoms with Crippen LogP contribution in [0.1, 0.15) is 33.3 Å². The molecule has 0 aromatic carbocycles. The Kier molecular flexibility index (Phi) is 6.32. The van der Waals surface area contributed by atoms with Gasteiger partial charge < -0.3 is 19.3 Å². The summed E-state index contributed by atoms with van der Waals surface area (Å²) in [6, 6.07) is 1.60. The predicted octanol–water partition coefficient (Wildman–Crippen LogP) is 2.30. The number of pyridine rings is 1. The van der Waals surface area contributed by atoms with Crippen LogP contribution in [0.4, 0.5) is 9.59 Å². The van der Waals surface area contributed by atoms with Gasteiger partial charge in [-0.3, -0.25) is 4.98 Å². The fraction of sp³-hybridized carbons (Fsp3) is 0.533. The SMILES string of the molecule is COc1ccncc1CN(C(=O)OC(C)C)C(=O)OC(C)(C)O. The first-order valence-corrected chi connectivity index (χ1v) is 7.04. The number of hydrogen-bond donors (Lipinski definition) is 1. The second-order valence-electron chi connectivity index (χ2n) is 5.52. The summed E-state index contributed by atoms with van der Waals surface area (Å²) in [5.74, 6) is -1.27. The molecule has 1 rings (SSSR count). The van der Waals surface area contributed by atoms with Gasteiger partial charge in [-0.15, -0.1) is 0 Å². The highest BCUT2D eigenvalue weighted by atomic mass is 16.7. The number of nitrogens with zero attached hydrogens (tertiary/aromatic N) is 2. The van der Waals surface area contributed by atoms with Crippen LogP contribution in [0.2, 0.25) is 0 Å². The highest BCUT2D eigenvalue weighted by Gasteiger charge is 2.30. The molecule has 8 heteroatoms. The van der Waals surface area contributed by atoms with Gasteiger partial charge in [-0.05, 0) is 19.9 Å². The number of methoxy groups -OCH3 is 1. The number of amides is 2. The highest BCUT2D eigenvalue weighted by molar-refractivity contribution is 5.88. The number of rotatable bonds is 5. The maximum absolute atomic E-state index is 12.2. The summed E-state index contributed by atoms with van der Waals surface area (Å²) in [7, 11) is 1.46. The molecule has 23 heavy (non-hydrogen) atoms. The minimum Gasteiger partial charge on any atom is -0.496 e. The Bertz CT molecular complexity index is 553. The molecule has 0 aliphatic carbocycles. The van der Waals surface area contributed by atoms with E-state index in [2.05, 4.69) is 4.98 Å². The Morgan fingerprint density at radius 3 is 2.52 bits per heavy atom. The molecular formula is C15H22N2O6. The van der Waals surface area contributed by atoms with Crippen molar-refractivity contribution in [1.29, 1.82) is 0 Å². The second-order valence-corrected chi connectivity index (χ2v) is 5.52. The van der Waals surface area contributed by atoms with Crippen LogP contribution in [-0.2, 0) is 16.0 Å². The average Bonchev–Trinajstić information content (AvgIpc) is 2.42. The first-order chi connectivity index (χ1) is 10.6. The van der Waals surface area contributed by atoms with Gasteiger partial charge in [0.05, 0.1) is 19.8 Å². The standard InChI is InChI=1S/C15H22N2O6/c1-10(2)22-13(18)17(14(19)23-15(3,4)20)9-11-8-16-7-6-12(11)21-5/h6-8,10,20H,9H2,1-5H3. The molecule has 0 aliphatic heterocycles. The Morgan fingerprint density at radius 2 is 2.00 bits per heavy atom.